The normalized spacial score (nSPS) is 47.7. The number of ketones is 1. The van der Waals surface area contributed by atoms with Crippen molar-refractivity contribution in [1.82, 2.24) is 0 Å². The van der Waals surface area contributed by atoms with Crippen LogP contribution < -0.4 is 0 Å². The molecule has 1 spiro atoms. The van der Waals surface area contributed by atoms with Gasteiger partial charge in [0.1, 0.15) is 5.78 Å². The van der Waals surface area contributed by atoms with E-state index in [2.05, 4.69) is 13.0 Å². The molecule has 4 aliphatic carbocycles. The first-order valence-electron chi connectivity index (χ1n) is 5.71. The molecule has 4 atom stereocenters. The number of hydrogen-bond acceptors (Lipinski definition) is 2. The van der Waals surface area contributed by atoms with Crippen LogP contribution in [-0.2, 0) is 4.79 Å². The van der Waals surface area contributed by atoms with Crippen molar-refractivity contribution >= 4 is 5.78 Å². The minimum atomic E-state index is -0.421. The minimum absolute atomic E-state index is 0.137. The summed E-state index contributed by atoms with van der Waals surface area (Å²) < 4.78 is 0. The lowest BCUT2D eigenvalue weighted by Gasteiger charge is -2.51. The van der Waals surface area contributed by atoms with E-state index >= 15 is 0 Å². The summed E-state index contributed by atoms with van der Waals surface area (Å²) in [6.45, 7) is 2.12. The van der Waals surface area contributed by atoms with E-state index in [0.717, 1.165) is 12.8 Å². The maximum absolute atomic E-state index is 12.1. The topological polar surface area (TPSA) is 37.3 Å². The lowest BCUT2D eigenvalue weighted by molar-refractivity contribution is -0.138. The Balaban J connectivity index is 2.14. The maximum atomic E-state index is 12.1. The predicted molar refractivity (Wildman–Crippen MR) is 57.2 cm³/mol. The van der Waals surface area contributed by atoms with Crippen LogP contribution in [-0.4, -0.2) is 17.0 Å². The molecule has 1 N–H and O–H groups in total. The van der Waals surface area contributed by atoms with Crippen LogP contribution >= 0.6 is 0 Å². The Labute approximate surface area is 89.7 Å². The second kappa shape index (κ2) is 2.82. The van der Waals surface area contributed by atoms with Crippen molar-refractivity contribution in [2.24, 2.45) is 17.3 Å². The quantitative estimate of drug-likeness (QED) is 0.611. The third-order valence-corrected chi connectivity index (χ3v) is 4.48. The van der Waals surface area contributed by atoms with E-state index in [4.69, 9.17) is 0 Å². The zero-order valence-electron chi connectivity index (χ0n) is 8.94. The number of Topliss-reactive ketones (excluding diaryl/α,β-unsaturated/α-hetero) is 1. The smallest absolute Gasteiger partial charge is 0.144 e. The SMILES string of the molecule is CC1=CC23CC=C[C@@H](O)C2CC1CC3=O. The fourth-order valence-corrected chi connectivity index (χ4v) is 3.58. The summed E-state index contributed by atoms with van der Waals surface area (Å²) in [6, 6.07) is 0. The van der Waals surface area contributed by atoms with Crippen LogP contribution in [0.3, 0.4) is 0 Å². The molecule has 4 rings (SSSR count). The molecule has 0 heterocycles. The molecule has 0 aromatic rings. The number of rotatable bonds is 0. The summed E-state index contributed by atoms with van der Waals surface area (Å²) in [5, 5.41) is 9.96. The minimum Gasteiger partial charge on any atom is -0.389 e. The van der Waals surface area contributed by atoms with Gasteiger partial charge < -0.3 is 5.11 Å². The van der Waals surface area contributed by atoms with Crippen LogP contribution in [0.4, 0.5) is 0 Å². The highest BCUT2D eigenvalue weighted by Gasteiger charge is 2.54. The van der Waals surface area contributed by atoms with Gasteiger partial charge in [-0.05, 0) is 25.7 Å². The number of carbonyl (C=O) groups is 1. The lowest BCUT2D eigenvalue weighted by atomic mass is 9.52. The van der Waals surface area contributed by atoms with Crippen LogP contribution in [0.1, 0.15) is 26.2 Å². The van der Waals surface area contributed by atoms with Gasteiger partial charge in [-0.1, -0.05) is 23.8 Å². The predicted octanol–water partition coefficient (Wildman–Crippen LogP) is 1.85. The number of aliphatic hydroxyl groups excluding tert-OH is 1. The highest BCUT2D eigenvalue weighted by Crippen LogP contribution is 2.55. The van der Waals surface area contributed by atoms with Crippen molar-refractivity contribution in [2.45, 2.75) is 32.3 Å². The highest BCUT2D eigenvalue weighted by molar-refractivity contribution is 5.90. The van der Waals surface area contributed by atoms with Crippen LogP contribution in [0.25, 0.3) is 0 Å². The Morgan fingerprint density at radius 1 is 1.53 bits per heavy atom. The first-order valence-corrected chi connectivity index (χ1v) is 5.71. The number of hydrogen-bond donors (Lipinski definition) is 1. The van der Waals surface area contributed by atoms with Crippen molar-refractivity contribution in [2.75, 3.05) is 0 Å². The Morgan fingerprint density at radius 3 is 3.13 bits per heavy atom. The summed E-state index contributed by atoms with van der Waals surface area (Å²) in [5.74, 6) is 0.876. The fourth-order valence-electron chi connectivity index (χ4n) is 3.58. The third-order valence-electron chi connectivity index (χ3n) is 4.48. The van der Waals surface area contributed by atoms with Crippen LogP contribution in [0.15, 0.2) is 23.8 Å². The first-order chi connectivity index (χ1) is 7.13. The van der Waals surface area contributed by atoms with Crippen molar-refractivity contribution in [3.63, 3.8) is 0 Å². The largest absolute Gasteiger partial charge is 0.389 e. The molecular formula is C13H16O2. The van der Waals surface area contributed by atoms with Gasteiger partial charge in [0.25, 0.3) is 0 Å². The van der Waals surface area contributed by atoms with E-state index in [0.29, 0.717) is 18.1 Å². The van der Waals surface area contributed by atoms with Gasteiger partial charge in [0, 0.05) is 12.3 Å². The van der Waals surface area contributed by atoms with Gasteiger partial charge in [0.15, 0.2) is 0 Å². The van der Waals surface area contributed by atoms with Gasteiger partial charge in [-0.3, -0.25) is 4.79 Å². The molecule has 2 heteroatoms. The van der Waals surface area contributed by atoms with Crippen molar-refractivity contribution in [1.29, 1.82) is 0 Å². The second-order valence-electron chi connectivity index (χ2n) is 5.22. The number of aliphatic hydroxyl groups is 1. The van der Waals surface area contributed by atoms with E-state index in [1.54, 1.807) is 0 Å². The summed E-state index contributed by atoms with van der Waals surface area (Å²) in [5.41, 5.74) is 1.00. The lowest BCUT2D eigenvalue weighted by Crippen LogP contribution is -2.52. The van der Waals surface area contributed by atoms with E-state index in [9.17, 15) is 9.90 Å². The van der Waals surface area contributed by atoms with Gasteiger partial charge >= 0.3 is 0 Å². The van der Waals surface area contributed by atoms with Crippen molar-refractivity contribution in [3.05, 3.63) is 23.8 Å². The molecule has 80 valence electrons. The molecule has 1 fully saturated rings. The molecule has 1 saturated carbocycles. The fraction of sp³-hybridized carbons (Fsp3) is 0.615. The molecule has 3 unspecified atom stereocenters. The molecule has 2 bridgehead atoms. The second-order valence-corrected chi connectivity index (χ2v) is 5.22. The summed E-state index contributed by atoms with van der Waals surface area (Å²) >= 11 is 0. The number of allylic oxidation sites excluding steroid dienone is 3. The van der Waals surface area contributed by atoms with E-state index < -0.39 is 6.10 Å². The van der Waals surface area contributed by atoms with Gasteiger partial charge in [0.05, 0.1) is 11.5 Å². The van der Waals surface area contributed by atoms with Gasteiger partial charge in [0.2, 0.25) is 0 Å². The van der Waals surface area contributed by atoms with Crippen LogP contribution in [0, 0.1) is 17.3 Å². The molecule has 0 saturated heterocycles. The average Bonchev–Trinajstić information content (AvgIpc) is 2.19. The summed E-state index contributed by atoms with van der Waals surface area (Å²) in [6.07, 6.45) is 8.01. The monoisotopic (exact) mass is 204 g/mol. The zero-order chi connectivity index (χ0) is 10.6. The van der Waals surface area contributed by atoms with Crippen LogP contribution in [0.2, 0.25) is 0 Å². The zero-order valence-corrected chi connectivity index (χ0v) is 8.94. The maximum Gasteiger partial charge on any atom is 0.144 e. The van der Waals surface area contributed by atoms with E-state index in [-0.39, 0.29) is 11.3 Å². The first kappa shape index (κ1) is 9.34. The summed E-state index contributed by atoms with van der Waals surface area (Å²) in [4.78, 5) is 12.1. The molecular weight excluding hydrogens is 188 g/mol. The molecule has 2 nitrogen and oxygen atoms in total. The molecule has 0 aromatic carbocycles. The van der Waals surface area contributed by atoms with E-state index in [1.165, 1.54) is 5.57 Å². The van der Waals surface area contributed by atoms with E-state index in [1.807, 2.05) is 12.2 Å². The summed E-state index contributed by atoms with van der Waals surface area (Å²) in [7, 11) is 0. The third kappa shape index (κ3) is 1.06. The van der Waals surface area contributed by atoms with Crippen molar-refractivity contribution in [3.8, 4) is 0 Å². The van der Waals surface area contributed by atoms with Gasteiger partial charge in [-0.2, -0.15) is 0 Å². The molecule has 0 amide bonds. The van der Waals surface area contributed by atoms with Gasteiger partial charge in [-0.15, -0.1) is 0 Å². The Bertz CT molecular complexity index is 380. The number of fused-ring (bicyclic) bond motifs is 1. The van der Waals surface area contributed by atoms with Gasteiger partial charge in [-0.25, -0.2) is 0 Å². The standard InChI is InChI=1S/C13H16O2/c1-8-7-13-4-2-3-11(14)10(13)5-9(8)6-12(13)15/h2-3,7,9-11,14H,4-6H2,1H3/t9?,10?,11-,13?/m1/s1. The Hall–Kier alpha value is -0.890. The molecule has 0 aromatic heterocycles. The van der Waals surface area contributed by atoms with Crippen LogP contribution in [0.5, 0.6) is 0 Å². The molecule has 0 radical (unpaired) electrons. The Morgan fingerprint density at radius 2 is 2.33 bits per heavy atom. The molecule has 0 aliphatic heterocycles. The average molecular weight is 204 g/mol. The number of carbonyl (C=O) groups excluding carboxylic acids is 1. The van der Waals surface area contributed by atoms with Crippen molar-refractivity contribution < 1.29 is 9.90 Å². The molecule has 15 heavy (non-hydrogen) atoms. The highest BCUT2D eigenvalue weighted by atomic mass is 16.3. The molecule has 4 aliphatic rings. The Kier molecular flexibility index (Phi) is 1.76.